The number of carbonyl (C=O) groups excluding carboxylic acids is 2. The molecule has 0 fully saturated rings. The number of nitrogens with one attached hydrogen (secondary N) is 1. The van der Waals surface area contributed by atoms with Gasteiger partial charge in [-0.2, -0.15) is 0 Å². The van der Waals surface area contributed by atoms with Gasteiger partial charge in [-0.15, -0.1) is 0 Å². The van der Waals surface area contributed by atoms with Gasteiger partial charge in [0.2, 0.25) is 11.8 Å². The Morgan fingerprint density at radius 1 is 0.941 bits per heavy atom. The highest BCUT2D eigenvalue weighted by molar-refractivity contribution is 9.10. The molecule has 6 nitrogen and oxygen atoms in total. The Balaban J connectivity index is 1.87. The number of halogens is 1. The minimum Gasteiger partial charge on any atom is -0.312 e. The molecular formula is C26H25BrN2O4S. The summed E-state index contributed by atoms with van der Waals surface area (Å²) >= 11 is 3.37. The third-order valence-corrected chi connectivity index (χ3v) is 6.61. The van der Waals surface area contributed by atoms with E-state index in [1.165, 1.54) is 11.0 Å². The first-order valence-electron chi connectivity index (χ1n) is 10.7. The van der Waals surface area contributed by atoms with Crippen molar-refractivity contribution in [2.45, 2.75) is 13.3 Å². The minimum absolute atomic E-state index is 0.0548. The van der Waals surface area contributed by atoms with Gasteiger partial charge in [0.05, 0.1) is 5.41 Å². The van der Waals surface area contributed by atoms with Crippen molar-refractivity contribution in [1.29, 1.82) is 0 Å². The predicted octanol–water partition coefficient (Wildman–Crippen LogP) is 4.78. The van der Waals surface area contributed by atoms with Crippen LogP contribution in [0.3, 0.4) is 0 Å². The van der Waals surface area contributed by atoms with E-state index in [1.807, 2.05) is 24.3 Å². The number of nitrogens with zero attached hydrogens (tertiary/aromatic N) is 1. The fraction of sp³-hybridized carbons (Fsp3) is 0.154. The van der Waals surface area contributed by atoms with E-state index in [0.717, 1.165) is 15.4 Å². The molecule has 0 saturated carbocycles. The van der Waals surface area contributed by atoms with Gasteiger partial charge in [-0.25, -0.2) is 13.1 Å². The van der Waals surface area contributed by atoms with Crippen LogP contribution in [0.1, 0.15) is 18.1 Å². The summed E-state index contributed by atoms with van der Waals surface area (Å²) in [5.41, 5.74) is 2.04. The van der Waals surface area contributed by atoms with Crippen molar-refractivity contribution in [3.63, 3.8) is 0 Å². The maximum atomic E-state index is 13.5. The SMILES string of the molecule is CCN(C(=O)C(Cc1ccc(Br)cc1)C(=O)NS(=O)(=O)/C=C/c1ccccc1)c1ccccc1. The van der Waals surface area contributed by atoms with Crippen LogP contribution in [0.4, 0.5) is 5.69 Å². The maximum absolute atomic E-state index is 13.5. The van der Waals surface area contributed by atoms with Crippen LogP contribution in [0.2, 0.25) is 0 Å². The Bertz CT molecular complexity index is 1240. The third-order valence-electron chi connectivity index (χ3n) is 5.10. The standard InChI is InChI=1S/C26H25BrN2O4S/c1-2-29(23-11-7-4-8-12-23)26(31)24(19-21-13-15-22(27)16-14-21)25(30)28-34(32,33)18-17-20-9-5-3-6-10-20/h3-18,24H,2,19H2,1H3,(H,28,30)/b18-17+. The van der Waals surface area contributed by atoms with Crippen molar-refractivity contribution in [1.82, 2.24) is 4.72 Å². The number of amides is 2. The molecule has 0 heterocycles. The van der Waals surface area contributed by atoms with Crippen LogP contribution in [-0.2, 0) is 26.0 Å². The summed E-state index contributed by atoms with van der Waals surface area (Å²) in [7, 11) is -4.11. The molecule has 2 amide bonds. The van der Waals surface area contributed by atoms with E-state index in [0.29, 0.717) is 17.8 Å². The van der Waals surface area contributed by atoms with Crippen molar-refractivity contribution in [3.05, 3.63) is 106 Å². The number of rotatable bonds is 9. The van der Waals surface area contributed by atoms with Crippen LogP contribution in [0, 0.1) is 5.92 Å². The molecule has 0 spiro atoms. The van der Waals surface area contributed by atoms with Crippen molar-refractivity contribution in [3.8, 4) is 0 Å². The zero-order valence-electron chi connectivity index (χ0n) is 18.6. The normalized spacial score (nSPS) is 12.3. The van der Waals surface area contributed by atoms with Crippen LogP contribution in [0.5, 0.6) is 0 Å². The van der Waals surface area contributed by atoms with Crippen LogP contribution >= 0.6 is 15.9 Å². The molecular weight excluding hydrogens is 516 g/mol. The first-order chi connectivity index (χ1) is 16.3. The molecule has 3 rings (SSSR count). The summed E-state index contributed by atoms with van der Waals surface area (Å²) in [6.07, 6.45) is 1.45. The molecule has 0 saturated heterocycles. The highest BCUT2D eigenvalue weighted by Gasteiger charge is 2.33. The Hall–Kier alpha value is -3.23. The first kappa shape index (κ1) is 25.4. The van der Waals surface area contributed by atoms with Crippen LogP contribution in [0.25, 0.3) is 6.08 Å². The monoisotopic (exact) mass is 540 g/mol. The van der Waals surface area contributed by atoms with E-state index in [4.69, 9.17) is 0 Å². The van der Waals surface area contributed by atoms with Crippen LogP contribution in [0.15, 0.2) is 94.8 Å². The molecule has 176 valence electrons. The average molecular weight is 541 g/mol. The highest BCUT2D eigenvalue weighted by atomic mass is 79.9. The largest absolute Gasteiger partial charge is 0.312 e. The molecule has 34 heavy (non-hydrogen) atoms. The summed E-state index contributed by atoms with van der Waals surface area (Å²) in [6.45, 7) is 2.13. The second kappa shape index (κ2) is 11.8. The van der Waals surface area contributed by atoms with Crippen LogP contribution < -0.4 is 9.62 Å². The summed E-state index contributed by atoms with van der Waals surface area (Å²) in [5.74, 6) is -2.59. The van der Waals surface area contributed by atoms with E-state index in [1.54, 1.807) is 67.6 Å². The smallest absolute Gasteiger partial charge is 0.257 e. The Kier molecular flexibility index (Phi) is 8.79. The van der Waals surface area contributed by atoms with Gasteiger partial charge < -0.3 is 4.90 Å². The molecule has 0 aliphatic carbocycles. The number of para-hydroxylation sites is 1. The summed E-state index contributed by atoms with van der Waals surface area (Å²) in [5, 5.41) is 0.927. The lowest BCUT2D eigenvalue weighted by atomic mass is 9.97. The van der Waals surface area contributed by atoms with Gasteiger partial charge in [-0.05, 0) is 54.8 Å². The second-order valence-corrected chi connectivity index (χ2v) is 10.0. The molecule has 3 aromatic rings. The third kappa shape index (κ3) is 7.13. The molecule has 0 aliphatic rings. The number of anilines is 1. The van der Waals surface area contributed by atoms with Crippen molar-refractivity contribution >= 4 is 49.5 Å². The van der Waals surface area contributed by atoms with Gasteiger partial charge in [0.15, 0.2) is 0 Å². The van der Waals surface area contributed by atoms with Gasteiger partial charge in [-0.3, -0.25) is 9.59 Å². The van der Waals surface area contributed by atoms with Crippen LogP contribution in [-0.4, -0.2) is 26.8 Å². The van der Waals surface area contributed by atoms with E-state index >= 15 is 0 Å². The predicted molar refractivity (Wildman–Crippen MR) is 138 cm³/mol. The maximum Gasteiger partial charge on any atom is 0.257 e. The van der Waals surface area contributed by atoms with E-state index in [-0.39, 0.29) is 6.42 Å². The molecule has 3 aromatic carbocycles. The number of sulfonamides is 1. The van der Waals surface area contributed by atoms with Gasteiger partial charge >= 0.3 is 0 Å². The van der Waals surface area contributed by atoms with Crippen molar-refractivity contribution in [2.75, 3.05) is 11.4 Å². The Morgan fingerprint density at radius 2 is 1.53 bits per heavy atom. The van der Waals surface area contributed by atoms with Gasteiger partial charge in [0.1, 0.15) is 5.92 Å². The van der Waals surface area contributed by atoms with E-state index in [2.05, 4.69) is 20.7 Å². The molecule has 8 heteroatoms. The molecule has 1 atom stereocenters. The molecule has 0 aliphatic heterocycles. The van der Waals surface area contributed by atoms with Gasteiger partial charge in [0.25, 0.3) is 10.0 Å². The molecule has 1 N–H and O–H groups in total. The minimum atomic E-state index is -4.11. The number of benzene rings is 3. The lowest BCUT2D eigenvalue weighted by Crippen LogP contribution is -2.46. The Morgan fingerprint density at radius 3 is 2.12 bits per heavy atom. The highest BCUT2D eigenvalue weighted by Crippen LogP contribution is 2.21. The molecule has 0 radical (unpaired) electrons. The van der Waals surface area contributed by atoms with Crippen molar-refractivity contribution < 1.29 is 18.0 Å². The fourth-order valence-corrected chi connectivity index (χ4v) is 4.48. The number of carbonyl (C=O) groups is 2. The lowest BCUT2D eigenvalue weighted by Gasteiger charge is -2.26. The topological polar surface area (TPSA) is 83.6 Å². The first-order valence-corrected chi connectivity index (χ1v) is 13.0. The number of hydrogen-bond acceptors (Lipinski definition) is 4. The lowest BCUT2D eigenvalue weighted by molar-refractivity contribution is -0.132. The molecule has 0 bridgehead atoms. The number of hydrogen-bond donors (Lipinski definition) is 1. The quantitative estimate of drug-likeness (QED) is 0.396. The zero-order valence-corrected chi connectivity index (χ0v) is 21.0. The molecule has 0 aromatic heterocycles. The summed E-state index contributed by atoms with van der Waals surface area (Å²) < 4.78 is 28.1. The fourth-order valence-electron chi connectivity index (χ4n) is 3.39. The zero-order chi connectivity index (χ0) is 24.6. The second-order valence-electron chi connectivity index (χ2n) is 7.53. The summed E-state index contributed by atoms with van der Waals surface area (Å²) in [4.78, 5) is 28.1. The molecule has 1 unspecified atom stereocenters. The van der Waals surface area contributed by atoms with E-state index < -0.39 is 27.8 Å². The average Bonchev–Trinajstić information content (AvgIpc) is 2.84. The van der Waals surface area contributed by atoms with Gasteiger partial charge in [0, 0.05) is 16.7 Å². The van der Waals surface area contributed by atoms with Gasteiger partial charge in [-0.1, -0.05) is 76.6 Å². The van der Waals surface area contributed by atoms with Crippen molar-refractivity contribution in [2.24, 2.45) is 5.92 Å². The Labute approximate surface area is 208 Å². The summed E-state index contributed by atoms with van der Waals surface area (Å²) in [6, 6.07) is 25.0. The van der Waals surface area contributed by atoms with E-state index in [9.17, 15) is 18.0 Å².